The van der Waals surface area contributed by atoms with Gasteiger partial charge in [-0.2, -0.15) is 0 Å². The van der Waals surface area contributed by atoms with Crippen LogP contribution in [0.4, 0.5) is 5.82 Å². The minimum Gasteiger partial charge on any atom is -0.480 e. The molecule has 0 aliphatic carbocycles. The Labute approximate surface area is 122 Å². The zero-order valence-corrected chi connectivity index (χ0v) is 11.9. The quantitative estimate of drug-likeness (QED) is 0.871. The van der Waals surface area contributed by atoms with Crippen molar-refractivity contribution in [3.05, 3.63) is 35.9 Å². The summed E-state index contributed by atoms with van der Waals surface area (Å²) in [6.45, 7) is 1.78. The molecule has 2 aromatic rings. The van der Waals surface area contributed by atoms with Crippen LogP contribution in [-0.2, 0) is 4.79 Å². The molecule has 1 unspecified atom stereocenters. The Morgan fingerprint density at radius 2 is 2.05 bits per heavy atom. The van der Waals surface area contributed by atoms with Crippen LogP contribution in [0.1, 0.15) is 23.7 Å². The van der Waals surface area contributed by atoms with E-state index in [1.165, 1.54) is 6.07 Å². The lowest BCUT2D eigenvalue weighted by molar-refractivity contribution is -0.138. The lowest BCUT2D eigenvalue weighted by Gasteiger charge is -2.25. The monoisotopic (exact) mass is 287 g/mol. The molecule has 0 radical (unpaired) electrons. The van der Waals surface area contributed by atoms with Crippen LogP contribution in [0.15, 0.2) is 30.3 Å². The SMILES string of the molecule is CCC(C(=O)O)N(C)c1cc(C(N)=O)c2ccccc2n1. The van der Waals surface area contributed by atoms with Gasteiger partial charge in [-0.15, -0.1) is 0 Å². The molecule has 1 aromatic carbocycles. The topological polar surface area (TPSA) is 96.5 Å². The molecular weight excluding hydrogens is 270 g/mol. The number of amides is 1. The molecule has 0 spiro atoms. The number of likely N-dealkylation sites (N-methyl/N-ethyl adjacent to an activating group) is 1. The van der Waals surface area contributed by atoms with Gasteiger partial charge in [0.25, 0.3) is 0 Å². The molecular formula is C15H17N3O3. The fraction of sp³-hybridized carbons (Fsp3) is 0.267. The van der Waals surface area contributed by atoms with Crippen LogP contribution in [-0.4, -0.2) is 35.1 Å². The number of anilines is 1. The van der Waals surface area contributed by atoms with Crippen molar-refractivity contribution in [1.82, 2.24) is 4.98 Å². The van der Waals surface area contributed by atoms with Crippen LogP contribution in [0, 0.1) is 0 Å². The van der Waals surface area contributed by atoms with Crippen LogP contribution in [0.25, 0.3) is 10.9 Å². The fourth-order valence-electron chi connectivity index (χ4n) is 2.32. The first-order chi connectivity index (χ1) is 9.95. The van der Waals surface area contributed by atoms with Crippen LogP contribution in [0.5, 0.6) is 0 Å². The number of primary amides is 1. The van der Waals surface area contributed by atoms with Crippen molar-refractivity contribution in [3.8, 4) is 0 Å². The number of carbonyl (C=O) groups is 2. The molecule has 0 saturated heterocycles. The van der Waals surface area contributed by atoms with Gasteiger partial charge in [0.1, 0.15) is 11.9 Å². The van der Waals surface area contributed by atoms with Crippen LogP contribution >= 0.6 is 0 Å². The van der Waals surface area contributed by atoms with Gasteiger partial charge < -0.3 is 15.7 Å². The van der Waals surface area contributed by atoms with Crippen molar-refractivity contribution in [2.75, 3.05) is 11.9 Å². The number of pyridine rings is 1. The lowest BCUT2D eigenvalue weighted by Crippen LogP contribution is -2.38. The summed E-state index contributed by atoms with van der Waals surface area (Å²) in [6, 6.07) is 7.96. The number of hydrogen-bond donors (Lipinski definition) is 2. The Morgan fingerprint density at radius 1 is 1.38 bits per heavy atom. The molecule has 1 aromatic heterocycles. The maximum Gasteiger partial charge on any atom is 0.326 e. The molecule has 21 heavy (non-hydrogen) atoms. The number of aliphatic carboxylic acids is 1. The second-order valence-corrected chi connectivity index (χ2v) is 4.78. The van der Waals surface area contributed by atoms with Crippen molar-refractivity contribution in [2.45, 2.75) is 19.4 Å². The van der Waals surface area contributed by atoms with E-state index in [2.05, 4.69) is 4.98 Å². The molecule has 1 heterocycles. The second-order valence-electron chi connectivity index (χ2n) is 4.78. The number of fused-ring (bicyclic) bond motifs is 1. The summed E-state index contributed by atoms with van der Waals surface area (Å²) < 4.78 is 0. The first-order valence-corrected chi connectivity index (χ1v) is 6.61. The smallest absolute Gasteiger partial charge is 0.326 e. The number of carboxylic acid groups (broad SMARTS) is 1. The number of rotatable bonds is 5. The van der Waals surface area contributed by atoms with Crippen molar-refractivity contribution >= 4 is 28.6 Å². The van der Waals surface area contributed by atoms with Gasteiger partial charge in [-0.05, 0) is 18.6 Å². The molecule has 0 fully saturated rings. The summed E-state index contributed by atoms with van der Waals surface area (Å²) in [7, 11) is 1.64. The van der Waals surface area contributed by atoms with Crippen molar-refractivity contribution < 1.29 is 14.7 Å². The van der Waals surface area contributed by atoms with E-state index in [4.69, 9.17) is 5.73 Å². The van der Waals surface area contributed by atoms with Gasteiger partial charge in [-0.1, -0.05) is 25.1 Å². The summed E-state index contributed by atoms with van der Waals surface area (Å²) >= 11 is 0. The summed E-state index contributed by atoms with van der Waals surface area (Å²) in [5.41, 5.74) is 6.36. The normalized spacial score (nSPS) is 12.1. The number of hydrogen-bond acceptors (Lipinski definition) is 4. The number of nitrogens with two attached hydrogens (primary N) is 1. The molecule has 1 atom stereocenters. The van der Waals surface area contributed by atoms with Gasteiger partial charge in [-0.3, -0.25) is 4.79 Å². The zero-order chi connectivity index (χ0) is 15.6. The Morgan fingerprint density at radius 3 is 2.62 bits per heavy atom. The Bertz CT molecular complexity index is 700. The molecule has 0 bridgehead atoms. The third-order valence-electron chi connectivity index (χ3n) is 3.47. The van der Waals surface area contributed by atoms with E-state index in [0.29, 0.717) is 28.7 Å². The van der Waals surface area contributed by atoms with Gasteiger partial charge >= 0.3 is 5.97 Å². The standard InChI is InChI=1S/C15H17N3O3/c1-3-12(15(20)21)18(2)13-8-10(14(16)19)9-6-4-5-7-11(9)17-13/h4-8,12H,3H2,1-2H3,(H2,16,19)(H,20,21). The Kier molecular flexibility index (Phi) is 4.07. The maximum absolute atomic E-state index is 11.6. The number of carbonyl (C=O) groups excluding carboxylic acids is 1. The molecule has 1 amide bonds. The summed E-state index contributed by atoms with van der Waals surface area (Å²) in [5, 5.41) is 9.89. The minimum absolute atomic E-state index is 0.336. The largest absolute Gasteiger partial charge is 0.480 e. The molecule has 110 valence electrons. The summed E-state index contributed by atoms with van der Waals surface area (Å²) in [4.78, 5) is 28.9. The van der Waals surface area contributed by atoms with Gasteiger partial charge in [0.2, 0.25) is 5.91 Å². The molecule has 6 nitrogen and oxygen atoms in total. The summed E-state index contributed by atoms with van der Waals surface area (Å²) in [6.07, 6.45) is 0.423. The first-order valence-electron chi connectivity index (χ1n) is 6.61. The van der Waals surface area contributed by atoms with E-state index in [9.17, 15) is 14.7 Å². The van der Waals surface area contributed by atoms with Crippen LogP contribution in [0.2, 0.25) is 0 Å². The third kappa shape index (κ3) is 2.79. The zero-order valence-electron chi connectivity index (χ0n) is 11.9. The van der Waals surface area contributed by atoms with Gasteiger partial charge in [-0.25, -0.2) is 9.78 Å². The number of para-hydroxylation sites is 1. The third-order valence-corrected chi connectivity index (χ3v) is 3.47. The predicted molar refractivity (Wildman–Crippen MR) is 80.4 cm³/mol. The fourth-order valence-corrected chi connectivity index (χ4v) is 2.32. The summed E-state index contributed by atoms with van der Waals surface area (Å²) in [5.74, 6) is -1.08. The highest BCUT2D eigenvalue weighted by Crippen LogP contribution is 2.23. The van der Waals surface area contributed by atoms with Crippen molar-refractivity contribution in [1.29, 1.82) is 0 Å². The van der Waals surface area contributed by atoms with E-state index >= 15 is 0 Å². The molecule has 3 N–H and O–H groups in total. The highest BCUT2D eigenvalue weighted by Gasteiger charge is 2.23. The van der Waals surface area contributed by atoms with E-state index < -0.39 is 17.9 Å². The van der Waals surface area contributed by atoms with E-state index in [0.717, 1.165) is 0 Å². The lowest BCUT2D eigenvalue weighted by atomic mass is 10.1. The highest BCUT2D eigenvalue weighted by atomic mass is 16.4. The van der Waals surface area contributed by atoms with Gasteiger partial charge in [0.05, 0.1) is 11.1 Å². The van der Waals surface area contributed by atoms with E-state index in [1.807, 2.05) is 0 Å². The highest BCUT2D eigenvalue weighted by molar-refractivity contribution is 6.06. The average Bonchev–Trinajstić information content (AvgIpc) is 2.46. The molecule has 0 aliphatic heterocycles. The van der Waals surface area contributed by atoms with E-state index in [-0.39, 0.29) is 0 Å². The molecule has 0 saturated carbocycles. The number of benzene rings is 1. The van der Waals surface area contributed by atoms with Crippen molar-refractivity contribution in [3.63, 3.8) is 0 Å². The number of aromatic nitrogens is 1. The molecule has 6 heteroatoms. The first kappa shape index (κ1) is 14.8. The van der Waals surface area contributed by atoms with Crippen molar-refractivity contribution in [2.24, 2.45) is 5.73 Å². The number of carboxylic acids is 1. The Balaban J connectivity index is 2.59. The second kappa shape index (κ2) is 5.78. The Hall–Kier alpha value is -2.63. The molecule has 0 aliphatic rings. The van der Waals surface area contributed by atoms with E-state index in [1.54, 1.807) is 43.1 Å². The van der Waals surface area contributed by atoms with Crippen LogP contribution in [0.3, 0.4) is 0 Å². The maximum atomic E-state index is 11.6. The van der Waals surface area contributed by atoms with Gasteiger partial charge in [0, 0.05) is 12.4 Å². The van der Waals surface area contributed by atoms with Gasteiger partial charge in [0.15, 0.2) is 0 Å². The predicted octanol–water partition coefficient (Wildman–Crippen LogP) is 1.63. The number of nitrogens with zero attached hydrogens (tertiary/aromatic N) is 2. The average molecular weight is 287 g/mol. The van der Waals surface area contributed by atoms with Crippen LogP contribution < -0.4 is 10.6 Å². The molecule has 2 rings (SSSR count). The minimum atomic E-state index is -0.935.